The molecule has 6 nitrogen and oxygen atoms in total. The number of nitrogens with one attached hydrogen (secondary N) is 1. The van der Waals surface area contributed by atoms with Crippen molar-refractivity contribution in [1.29, 1.82) is 5.26 Å². The Morgan fingerprint density at radius 3 is 3.08 bits per heavy atom. The monoisotopic (exact) mass is 329 g/mol. The minimum atomic E-state index is -0.0746. The van der Waals surface area contributed by atoms with Crippen molar-refractivity contribution < 1.29 is 0 Å². The van der Waals surface area contributed by atoms with E-state index in [2.05, 4.69) is 39.2 Å². The Labute approximate surface area is 146 Å². The quantitative estimate of drug-likeness (QED) is 0.746. The summed E-state index contributed by atoms with van der Waals surface area (Å²) in [5.41, 5.74) is 2.66. The summed E-state index contributed by atoms with van der Waals surface area (Å²) in [4.78, 5) is 11.9. The highest BCUT2D eigenvalue weighted by Crippen LogP contribution is 2.58. The summed E-state index contributed by atoms with van der Waals surface area (Å²) in [7, 11) is 2.33. The summed E-state index contributed by atoms with van der Waals surface area (Å²) in [6.07, 6.45) is 13.0. The molecule has 0 spiro atoms. The maximum absolute atomic E-state index is 9.16. The number of nitriles is 1. The molecule has 1 saturated carbocycles. The molecule has 3 aromatic heterocycles. The van der Waals surface area contributed by atoms with E-state index in [-0.39, 0.29) is 5.44 Å². The third-order valence-corrected chi connectivity index (χ3v) is 5.88. The predicted octanol–water partition coefficient (Wildman–Crippen LogP) is 3.08. The molecule has 1 aliphatic heterocycles. The zero-order chi connectivity index (χ0) is 16.9. The van der Waals surface area contributed by atoms with Gasteiger partial charge in [0.1, 0.15) is 12.0 Å². The third kappa shape index (κ3) is 2.13. The van der Waals surface area contributed by atoms with Crippen molar-refractivity contribution in [2.45, 2.75) is 43.4 Å². The van der Waals surface area contributed by atoms with Gasteiger partial charge in [0.2, 0.25) is 0 Å². The van der Waals surface area contributed by atoms with Crippen LogP contribution in [-0.2, 0) is 5.44 Å². The molecule has 7 heteroatoms. The van der Waals surface area contributed by atoms with E-state index in [9.17, 15) is 0 Å². The van der Waals surface area contributed by atoms with Gasteiger partial charge in [-0.2, -0.15) is 10.4 Å². The lowest BCUT2D eigenvalue weighted by Gasteiger charge is -2.26. The first kappa shape index (κ1) is 14.7. The first-order valence-electron chi connectivity index (χ1n) is 8.89. The van der Waals surface area contributed by atoms with Crippen molar-refractivity contribution in [1.82, 2.24) is 24.7 Å². The number of rotatable bonds is 4. The van der Waals surface area contributed by atoms with Crippen LogP contribution in [0.4, 0.5) is 0 Å². The van der Waals surface area contributed by atoms with Crippen LogP contribution in [0, 0.1) is 17.2 Å². The summed E-state index contributed by atoms with van der Waals surface area (Å²) in [5.74, 6) is 0.905. The van der Waals surface area contributed by atoms with Gasteiger partial charge >= 0.3 is 0 Å². The standard InChI is InChI=1S/C18H18BN6/c20-7-5-15-18(19-15,13-3-1-2-4-13)25-10-12(9-24-25)16-14-6-8-21-17(14)23-11-22-16/h6,8-11,13,15H,1-5H2,(H,21,22,23). The lowest BCUT2D eigenvalue weighted by atomic mass is 9.83. The molecule has 2 atom stereocenters. The van der Waals surface area contributed by atoms with Gasteiger partial charge in [0, 0.05) is 35.2 Å². The van der Waals surface area contributed by atoms with E-state index in [4.69, 9.17) is 10.4 Å². The Bertz CT molecular complexity index is 963. The van der Waals surface area contributed by atoms with Gasteiger partial charge in [-0.15, -0.1) is 0 Å². The van der Waals surface area contributed by atoms with E-state index < -0.39 is 0 Å². The number of hydrogen-bond donors (Lipinski definition) is 1. The maximum atomic E-state index is 9.16. The van der Waals surface area contributed by atoms with E-state index >= 15 is 0 Å². The van der Waals surface area contributed by atoms with Gasteiger partial charge in [-0.05, 0) is 30.6 Å². The summed E-state index contributed by atoms with van der Waals surface area (Å²) >= 11 is 0. The lowest BCUT2D eigenvalue weighted by Crippen LogP contribution is -2.29. The van der Waals surface area contributed by atoms with Crippen LogP contribution in [-0.4, -0.2) is 32.0 Å². The molecule has 25 heavy (non-hydrogen) atoms. The molecule has 123 valence electrons. The van der Waals surface area contributed by atoms with Crippen LogP contribution in [0.3, 0.4) is 0 Å². The van der Waals surface area contributed by atoms with Crippen molar-refractivity contribution in [3.63, 3.8) is 0 Å². The molecule has 1 N–H and O–H groups in total. The average Bonchev–Trinajstić information content (AvgIpc) is 3.17. The average molecular weight is 329 g/mol. The zero-order valence-electron chi connectivity index (χ0n) is 13.9. The fraction of sp³-hybridized carbons (Fsp3) is 0.444. The second-order valence-electron chi connectivity index (χ2n) is 7.14. The summed E-state index contributed by atoms with van der Waals surface area (Å²) in [5, 5.41) is 14.9. The Hall–Kier alpha value is -2.62. The van der Waals surface area contributed by atoms with E-state index in [0.29, 0.717) is 18.2 Å². The molecular formula is C18H18BN6. The number of fused-ring (bicyclic) bond motifs is 1. The highest BCUT2D eigenvalue weighted by Gasteiger charge is 2.61. The normalized spacial score (nSPS) is 25.8. The van der Waals surface area contributed by atoms with Gasteiger partial charge < -0.3 is 4.98 Å². The Morgan fingerprint density at radius 2 is 2.24 bits per heavy atom. The summed E-state index contributed by atoms with van der Waals surface area (Å²) in [6, 6.07) is 4.34. The smallest absolute Gasteiger partial charge is 0.154 e. The molecule has 2 fully saturated rings. The Kier molecular flexibility index (Phi) is 3.20. The third-order valence-electron chi connectivity index (χ3n) is 5.88. The van der Waals surface area contributed by atoms with Gasteiger partial charge in [-0.3, -0.25) is 4.68 Å². The molecule has 0 aromatic carbocycles. The van der Waals surface area contributed by atoms with Crippen LogP contribution in [0.1, 0.15) is 32.1 Å². The summed E-state index contributed by atoms with van der Waals surface area (Å²) in [6.45, 7) is 0. The molecule has 2 unspecified atom stereocenters. The second-order valence-corrected chi connectivity index (χ2v) is 7.14. The van der Waals surface area contributed by atoms with Gasteiger partial charge in [0.05, 0.1) is 18.0 Å². The predicted molar refractivity (Wildman–Crippen MR) is 94.8 cm³/mol. The molecule has 4 heterocycles. The van der Waals surface area contributed by atoms with Crippen LogP contribution in [0.25, 0.3) is 22.3 Å². The van der Waals surface area contributed by atoms with E-state index in [1.165, 1.54) is 25.7 Å². The highest BCUT2D eigenvalue weighted by molar-refractivity contribution is 6.55. The minimum Gasteiger partial charge on any atom is -0.346 e. The van der Waals surface area contributed by atoms with Crippen LogP contribution in [0.2, 0.25) is 5.82 Å². The van der Waals surface area contributed by atoms with Crippen molar-refractivity contribution in [3.8, 4) is 17.3 Å². The molecule has 1 aliphatic carbocycles. The van der Waals surface area contributed by atoms with Crippen LogP contribution >= 0.6 is 0 Å². The SMILES string of the molecule is N#CCC1[B]C1(C1CCCC1)n1cc(-c2ncnc3[nH]ccc23)cn1. The van der Waals surface area contributed by atoms with Crippen molar-refractivity contribution in [2.75, 3.05) is 0 Å². The molecule has 1 saturated heterocycles. The number of aromatic nitrogens is 5. The van der Waals surface area contributed by atoms with E-state index in [1.54, 1.807) is 6.33 Å². The van der Waals surface area contributed by atoms with E-state index in [1.807, 2.05) is 18.5 Å². The fourth-order valence-electron chi connectivity index (χ4n) is 4.61. The molecule has 3 aromatic rings. The molecular weight excluding hydrogens is 311 g/mol. The molecule has 1 radical (unpaired) electrons. The molecule has 5 rings (SSSR count). The first-order chi connectivity index (χ1) is 12.3. The lowest BCUT2D eigenvalue weighted by molar-refractivity contribution is 0.298. The highest BCUT2D eigenvalue weighted by atomic mass is 15.3. The number of hydrogen-bond acceptors (Lipinski definition) is 4. The topological polar surface area (TPSA) is 83.2 Å². The molecule has 0 amide bonds. The largest absolute Gasteiger partial charge is 0.346 e. The second kappa shape index (κ2) is 5.45. The van der Waals surface area contributed by atoms with Gasteiger partial charge in [-0.1, -0.05) is 12.8 Å². The van der Waals surface area contributed by atoms with Gasteiger partial charge in [0.15, 0.2) is 7.28 Å². The van der Waals surface area contributed by atoms with Crippen LogP contribution in [0.5, 0.6) is 0 Å². The number of nitrogens with zero attached hydrogens (tertiary/aromatic N) is 5. The molecule has 0 bridgehead atoms. The van der Waals surface area contributed by atoms with Gasteiger partial charge in [-0.25, -0.2) is 9.97 Å². The zero-order valence-corrected chi connectivity index (χ0v) is 13.9. The summed E-state index contributed by atoms with van der Waals surface area (Å²) < 4.78 is 2.10. The van der Waals surface area contributed by atoms with E-state index in [0.717, 1.165) is 22.3 Å². The Morgan fingerprint density at radius 1 is 1.36 bits per heavy atom. The van der Waals surface area contributed by atoms with Gasteiger partial charge in [0.25, 0.3) is 0 Å². The van der Waals surface area contributed by atoms with Crippen molar-refractivity contribution >= 4 is 18.3 Å². The Balaban J connectivity index is 1.55. The van der Waals surface area contributed by atoms with Crippen LogP contribution < -0.4 is 0 Å². The maximum Gasteiger partial charge on any atom is 0.154 e. The number of H-pyrrole nitrogens is 1. The minimum absolute atomic E-state index is 0.0746. The van der Waals surface area contributed by atoms with Crippen LogP contribution in [0.15, 0.2) is 31.0 Å². The van der Waals surface area contributed by atoms with Crippen molar-refractivity contribution in [3.05, 3.63) is 31.0 Å². The first-order valence-corrected chi connectivity index (χ1v) is 8.89. The van der Waals surface area contributed by atoms with Crippen molar-refractivity contribution in [2.24, 2.45) is 5.92 Å². The number of aromatic amines is 1. The molecule has 2 aliphatic rings. The fourth-order valence-corrected chi connectivity index (χ4v) is 4.61.